The minimum Gasteiger partial charge on any atom is -0.372 e. The quantitative estimate of drug-likeness (QED) is 0.144. The first-order valence-corrected chi connectivity index (χ1v) is 13.4. The smallest absolute Gasteiger partial charge is 0.240 e. The summed E-state index contributed by atoms with van der Waals surface area (Å²) >= 11 is 0. The van der Waals surface area contributed by atoms with Crippen molar-refractivity contribution >= 4 is 49.9 Å². The number of aryl methyl sites for hydroxylation is 2. The van der Waals surface area contributed by atoms with Gasteiger partial charge in [-0.3, -0.25) is 0 Å². The van der Waals surface area contributed by atoms with Gasteiger partial charge in [-0.1, -0.05) is 48.5 Å². The molecule has 0 aliphatic carbocycles. The topological polar surface area (TPSA) is 32.0 Å². The first kappa shape index (κ1) is 23.9. The Kier molecular flexibility index (Phi) is 6.16. The van der Waals surface area contributed by atoms with Gasteiger partial charge in [0.25, 0.3) is 0 Å². The van der Waals surface area contributed by atoms with Gasteiger partial charge in [0.1, 0.15) is 11.0 Å². The minimum atomic E-state index is 0.961. The average molecular weight is 498 g/mol. The van der Waals surface area contributed by atoms with Gasteiger partial charge < -0.3 is 10.2 Å². The lowest BCUT2D eigenvalue weighted by atomic mass is 10.0. The predicted octanol–water partition coefficient (Wildman–Crippen LogP) is 8.02. The summed E-state index contributed by atoms with van der Waals surface area (Å²) in [5, 5.41) is 5.97. The first-order valence-electron chi connectivity index (χ1n) is 13.4. The highest BCUT2D eigenvalue weighted by Gasteiger charge is 2.24. The van der Waals surface area contributed by atoms with Crippen LogP contribution in [-0.4, -0.2) is 18.1 Å². The first-order chi connectivity index (χ1) is 18.6. The second kappa shape index (κ2) is 9.79. The van der Waals surface area contributed by atoms with Crippen molar-refractivity contribution in [3.63, 3.8) is 0 Å². The molecule has 4 nitrogen and oxygen atoms in total. The molecule has 0 amide bonds. The molecule has 4 heteroatoms. The van der Waals surface area contributed by atoms with E-state index in [-0.39, 0.29) is 0 Å². The number of fused-ring (bicyclic) bond motifs is 4. The predicted molar refractivity (Wildman–Crippen MR) is 161 cm³/mol. The van der Waals surface area contributed by atoms with Crippen molar-refractivity contribution in [1.29, 1.82) is 0 Å². The third-order valence-electron chi connectivity index (χ3n) is 7.60. The maximum atomic E-state index is 5.27. The van der Waals surface area contributed by atoms with Crippen molar-refractivity contribution in [3.8, 4) is 5.69 Å². The van der Waals surface area contributed by atoms with E-state index >= 15 is 0 Å². The molecule has 188 valence electrons. The van der Waals surface area contributed by atoms with Gasteiger partial charge >= 0.3 is 0 Å². The van der Waals surface area contributed by atoms with Crippen LogP contribution < -0.4 is 14.8 Å². The molecule has 1 aromatic heterocycles. The van der Waals surface area contributed by atoms with Crippen LogP contribution in [0.1, 0.15) is 25.0 Å². The maximum absolute atomic E-state index is 5.27. The standard InChI is InChI=1S/C34H32N4/c1-5-37(6-2)26-18-19-30-32(21-26)38(27-17-16-23(3)24(4)20-27)33-22-31(35-25-12-8-7-9-13-25)28-14-10-11-15-29(28)34(33)36-30/h7-22H,5-6H2,1-4H3/p+1. The summed E-state index contributed by atoms with van der Waals surface area (Å²) in [7, 11) is 0. The Morgan fingerprint density at radius 3 is 2.18 bits per heavy atom. The summed E-state index contributed by atoms with van der Waals surface area (Å²) in [5.41, 5.74) is 11.2. The Balaban J connectivity index is 1.74. The normalized spacial score (nSPS) is 11.4. The van der Waals surface area contributed by atoms with E-state index in [0.717, 1.165) is 63.0 Å². The van der Waals surface area contributed by atoms with Crippen molar-refractivity contribution in [2.45, 2.75) is 27.7 Å². The third kappa shape index (κ3) is 4.12. The van der Waals surface area contributed by atoms with Crippen LogP contribution in [0.15, 0.2) is 97.1 Å². The van der Waals surface area contributed by atoms with E-state index in [0.29, 0.717) is 0 Å². The summed E-state index contributed by atoms with van der Waals surface area (Å²) in [4.78, 5) is 7.65. The Labute approximate surface area is 224 Å². The number of hydrogen-bond acceptors (Lipinski definition) is 3. The molecule has 6 aromatic rings. The van der Waals surface area contributed by atoms with Crippen LogP contribution >= 0.6 is 0 Å². The molecule has 1 N–H and O–H groups in total. The summed E-state index contributed by atoms with van der Waals surface area (Å²) in [6.07, 6.45) is 0. The average Bonchev–Trinajstić information content (AvgIpc) is 2.95. The molecule has 0 saturated carbocycles. The molecule has 0 spiro atoms. The number of nitrogens with one attached hydrogen (secondary N) is 1. The molecular formula is C34H33N4+. The zero-order valence-corrected chi connectivity index (χ0v) is 22.5. The van der Waals surface area contributed by atoms with Crippen molar-refractivity contribution in [2.75, 3.05) is 23.3 Å². The fourth-order valence-electron chi connectivity index (χ4n) is 5.38. The highest BCUT2D eigenvalue weighted by Crippen LogP contribution is 2.34. The molecule has 6 rings (SSSR count). The molecule has 0 saturated heterocycles. The van der Waals surface area contributed by atoms with Crippen molar-refractivity contribution in [3.05, 3.63) is 108 Å². The molecule has 0 fully saturated rings. The number of nitrogens with zero attached hydrogens (tertiary/aromatic N) is 3. The fraction of sp³-hybridized carbons (Fsp3) is 0.176. The molecule has 0 aliphatic heterocycles. The van der Waals surface area contributed by atoms with Crippen LogP contribution in [0.4, 0.5) is 17.1 Å². The van der Waals surface area contributed by atoms with Gasteiger partial charge in [0.15, 0.2) is 0 Å². The van der Waals surface area contributed by atoms with E-state index in [1.165, 1.54) is 16.8 Å². The number of anilines is 3. The van der Waals surface area contributed by atoms with Crippen molar-refractivity contribution in [2.24, 2.45) is 0 Å². The van der Waals surface area contributed by atoms with Gasteiger partial charge in [0.2, 0.25) is 16.7 Å². The monoisotopic (exact) mass is 497 g/mol. The highest BCUT2D eigenvalue weighted by atomic mass is 15.1. The molecular weight excluding hydrogens is 464 g/mol. The lowest BCUT2D eigenvalue weighted by Crippen LogP contribution is -2.34. The number of rotatable bonds is 6. The van der Waals surface area contributed by atoms with Crippen LogP contribution in [0.3, 0.4) is 0 Å². The Morgan fingerprint density at radius 2 is 1.45 bits per heavy atom. The largest absolute Gasteiger partial charge is 0.372 e. The molecule has 0 unspecified atom stereocenters. The number of hydrogen-bond donors (Lipinski definition) is 1. The van der Waals surface area contributed by atoms with Gasteiger partial charge in [0.05, 0.1) is 5.69 Å². The molecule has 38 heavy (non-hydrogen) atoms. The van der Waals surface area contributed by atoms with Crippen molar-refractivity contribution < 1.29 is 4.57 Å². The second-order valence-corrected chi connectivity index (χ2v) is 9.89. The molecule has 0 atom stereocenters. The Morgan fingerprint density at radius 1 is 0.711 bits per heavy atom. The molecule has 0 bridgehead atoms. The van der Waals surface area contributed by atoms with Gasteiger partial charge in [-0.05, 0) is 63.1 Å². The van der Waals surface area contributed by atoms with Gasteiger partial charge in [-0.15, -0.1) is 4.57 Å². The Bertz CT molecular complexity index is 1790. The van der Waals surface area contributed by atoms with Gasteiger partial charge in [-0.25, -0.2) is 4.98 Å². The number of benzene rings is 5. The zero-order valence-electron chi connectivity index (χ0n) is 22.5. The molecule has 1 heterocycles. The summed E-state index contributed by atoms with van der Waals surface area (Å²) in [5.74, 6) is 0. The minimum absolute atomic E-state index is 0.961. The fourth-order valence-corrected chi connectivity index (χ4v) is 5.38. The molecule has 0 radical (unpaired) electrons. The Hall–Kier alpha value is -4.44. The van der Waals surface area contributed by atoms with E-state index in [4.69, 9.17) is 4.98 Å². The van der Waals surface area contributed by atoms with E-state index < -0.39 is 0 Å². The van der Waals surface area contributed by atoms with Gasteiger partial charge in [0, 0.05) is 59.5 Å². The van der Waals surface area contributed by atoms with E-state index in [1.54, 1.807) is 0 Å². The second-order valence-electron chi connectivity index (χ2n) is 9.89. The lowest BCUT2D eigenvalue weighted by Gasteiger charge is -2.21. The lowest BCUT2D eigenvalue weighted by molar-refractivity contribution is -0.538. The van der Waals surface area contributed by atoms with Crippen LogP contribution in [-0.2, 0) is 0 Å². The third-order valence-corrected chi connectivity index (χ3v) is 7.60. The molecule has 5 aromatic carbocycles. The van der Waals surface area contributed by atoms with E-state index in [1.807, 2.05) is 6.07 Å². The summed E-state index contributed by atoms with van der Waals surface area (Å²) < 4.78 is 2.39. The van der Waals surface area contributed by atoms with Crippen LogP contribution in [0.5, 0.6) is 0 Å². The zero-order chi connectivity index (χ0) is 26.2. The summed E-state index contributed by atoms with van der Waals surface area (Å²) in [6, 6.07) is 34.6. The van der Waals surface area contributed by atoms with Crippen LogP contribution in [0, 0.1) is 13.8 Å². The number of para-hydroxylation sites is 1. The summed E-state index contributed by atoms with van der Waals surface area (Å²) in [6.45, 7) is 10.7. The van der Waals surface area contributed by atoms with Crippen LogP contribution in [0.2, 0.25) is 0 Å². The SMILES string of the molecule is CCN(CC)c1ccc2nc3c4ccccc4c(Nc4ccccc4)cc3[n+](-c3ccc(C)c(C)c3)c2c1. The van der Waals surface area contributed by atoms with Crippen LogP contribution in [0.25, 0.3) is 38.5 Å². The highest BCUT2D eigenvalue weighted by molar-refractivity contribution is 6.11. The van der Waals surface area contributed by atoms with E-state index in [2.05, 4.69) is 133 Å². The van der Waals surface area contributed by atoms with Gasteiger partial charge in [-0.2, -0.15) is 0 Å². The van der Waals surface area contributed by atoms with E-state index in [9.17, 15) is 0 Å². The van der Waals surface area contributed by atoms with Crippen molar-refractivity contribution in [1.82, 2.24) is 4.98 Å². The number of aromatic nitrogens is 2. The molecule has 0 aliphatic rings. The maximum Gasteiger partial charge on any atom is 0.240 e.